The largest absolute Gasteiger partial charge is 0.401 e. The van der Waals surface area contributed by atoms with Gasteiger partial charge in [0.15, 0.2) is 0 Å². The Morgan fingerprint density at radius 3 is 2.56 bits per heavy atom. The van der Waals surface area contributed by atoms with Gasteiger partial charge in [-0.25, -0.2) is 0 Å². The summed E-state index contributed by atoms with van der Waals surface area (Å²) in [5, 5.41) is 0. The molecule has 1 rings (SSSR count). The molecule has 0 aliphatic carbocycles. The molecule has 1 fully saturated rings. The van der Waals surface area contributed by atoms with E-state index in [1.807, 2.05) is 0 Å². The van der Waals surface area contributed by atoms with Crippen molar-refractivity contribution < 1.29 is 17.9 Å². The number of hydrogen-bond acceptors (Lipinski definition) is 3. The number of alkyl halides is 3. The molecular formula is C10H19F3N2O. The number of nitrogens with two attached hydrogens (primary N) is 1. The lowest BCUT2D eigenvalue weighted by Crippen LogP contribution is -2.43. The minimum Gasteiger partial charge on any atom is -0.377 e. The van der Waals surface area contributed by atoms with E-state index < -0.39 is 12.7 Å². The third kappa shape index (κ3) is 5.67. The second-order valence-corrected chi connectivity index (χ2v) is 4.13. The topological polar surface area (TPSA) is 38.5 Å². The second-order valence-electron chi connectivity index (χ2n) is 4.13. The number of halogens is 3. The van der Waals surface area contributed by atoms with E-state index in [4.69, 9.17) is 10.5 Å². The van der Waals surface area contributed by atoms with Gasteiger partial charge in [0.05, 0.1) is 12.6 Å². The van der Waals surface area contributed by atoms with Gasteiger partial charge in [-0.2, -0.15) is 13.2 Å². The molecule has 3 nitrogen and oxygen atoms in total. The maximum atomic E-state index is 12.3. The van der Waals surface area contributed by atoms with Crippen molar-refractivity contribution in [2.75, 3.05) is 32.8 Å². The van der Waals surface area contributed by atoms with E-state index in [-0.39, 0.29) is 19.2 Å². The Balaban J connectivity index is 2.36. The predicted molar refractivity (Wildman–Crippen MR) is 55.1 cm³/mol. The predicted octanol–water partition coefficient (Wildman–Crippen LogP) is 1.38. The van der Waals surface area contributed by atoms with Gasteiger partial charge in [-0.1, -0.05) is 0 Å². The van der Waals surface area contributed by atoms with Crippen LogP contribution in [0.4, 0.5) is 13.2 Å². The Morgan fingerprint density at radius 1 is 1.31 bits per heavy atom. The van der Waals surface area contributed by atoms with Crippen molar-refractivity contribution in [1.82, 2.24) is 4.90 Å². The molecule has 0 saturated carbocycles. The van der Waals surface area contributed by atoms with Gasteiger partial charge >= 0.3 is 6.18 Å². The van der Waals surface area contributed by atoms with Gasteiger partial charge in [0.2, 0.25) is 0 Å². The molecule has 1 heterocycles. The van der Waals surface area contributed by atoms with Gasteiger partial charge in [-0.05, 0) is 19.3 Å². The van der Waals surface area contributed by atoms with E-state index in [9.17, 15) is 13.2 Å². The van der Waals surface area contributed by atoms with E-state index in [1.165, 1.54) is 4.90 Å². The Hall–Kier alpha value is -0.330. The van der Waals surface area contributed by atoms with E-state index >= 15 is 0 Å². The molecule has 0 amide bonds. The molecule has 0 aromatic rings. The highest BCUT2D eigenvalue weighted by Gasteiger charge is 2.31. The van der Waals surface area contributed by atoms with Crippen LogP contribution in [0.2, 0.25) is 0 Å². The summed E-state index contributed by atoms with van der Waals surface area (Å²) in [7, 11) is 0. The van der Waals surface area contributed by atoms with Crippen molar-refractivity contribution in [3.63, 3.8) is 0 Å². The first kappa shape index (κ1) is 13.7. The summed E-state index contributed by atoms with van der Waals surface area (Å²) in [6.07, 6.45) is -1.34. The molecule has 1 unspecified atom stereocenters. The molecule has 0 bridgehead atoms. The fourth-order valence-corrected chi connectivity index (χ4v) is 1.91. The summed E-state index contributed by atoms with van der Waals surface area (Å²) in [5.41, 5.74) is 5.30. The Morgan fingerprint density at radius 2 is 2.06 bits per heavy atom. The molecule has 6 heteroatoms. The normalized spacial score (nSPS) is 22.7. The maximum Gasteiger partial charge on any atom is 0.401 e. The molecule has 0 aromatic carbocycles. The van der Waals surface area contributed by atoms with Gasteiger partial charge in [-0.15, -0.1) is 0 Å². The van der Waals surface area contributed by atoms with Crippen molar-refractivity contribution in [2.24, 2.45) is 5.73 Å². The average Bonchev–Trinajstić information content (AvgIpc) is 2.17. The smallest absolute Gasteiger partial charge is 0.377 e. The zero-order chi connectivity index (χ0) is 12.0. The fraction of sp³-hybridized carbons (Fsp3) is 1.00. The third-order valence-electron chi connectivity index (χ3n) is 2.58. The van der Waals surface area contributed by atoms with Crippen molar-refractivity contribution in [1.29, 1.82) is 0 Å². The van der Waals surface area contributed by atoms with Crippen LogP contribution in [0.15, 0.2) is 0 Å². The summed E-state index contributed by atoms with van der Waals surface area (Å²) < 4.78 is 42.2. The van der Waals surface area contributed by atoms with Crippen LogP contribution in [0.1, 0.15) is 19.3 Å². The van der Waals surface area contributed by atoms with Crippen LogP contribution in [0.25, 0.3) is 0 Å². The standard InChI is InChI=1S/C10H19F3N2O/c11-10(12,13)8-15(5-4-14)7-9-3-1-2-6-16-9/h9H,1-8,14H2. The number of hydrogen-bond donors (Lipinski definition) is 1. The highest BCUT2D eigenvalue weighted by molar-refractivity contribution is 4.72. The summed E-state index contributed by atoms with van der Waals surface area (Å²) in [5.74, 6) is 0. The lowest BCUT2D eigenvalue weighted by molar-refractivity contribution is -0.150. The molecule has 16 heavy (non-hydrogen) atoms. The van der Waals surface area contributed by atoms with Gasteiger partial charge < -0.3 is 10.5 Å². The molecular weight excluding hydrogens is 221 g/mol. The van der Waals surface area contributed by atoms with Gasteiger partial charge in [-0.3, -0.25) is 4.90 Å². The van der Waals surface area contributed by atoms with E-state index in [0.717, 1.165) is 19.3 Å². The number of ether oxygens (including phenoxy) is 1. The van der Waals surface area contributed by atoms with E-state index in [1.54, 1.807) is 0 Å². The molecule has 0 radical (unpaired) electrons. The van der Waals surface area contributed by atoms with E-state index in [2.05, 4.69) is 0 Å². The van der Waals surface area contributed by atoms with Crippen LogP contribution in [-0.2, 0) is 4.74 Å². The highest BCUT2D eigenvalue weighted by Crippen LogP contribution is 2.19. The SMILES string of the molecule is NCCN(CC1CCCCO1)CC(F)(F)F. The van der Waals surface area contributed by atoms with Crippen LogP contribution in [0.5, 0.6) is 0 Å². The summed E-state index contributed by atoms with van der Waals surface area (Å²) in [6.45, 7) is 0.593. The van der Waals surface area contributed by atoms with Crippen molar-refractivity contribution in [3.8, 4) is 0 Å². The Bertz CT molecular complexity index is 193. The quantitative estimate of drug-likeness (QED) is 0.789. The average molecular weight is 240 g/mol. The van der Waals surface area contributed by atoms with Crippen LogP contribution in [-0.4, -0.2) is 50.0 Å². The summed E-state index contributed by atoms with van der Waals surface area (Å²) >= 11 is 0. The van der Waals surface area contributed by atoms with Crippen LogP contribution in [0.3, 0.4) is 0 Å². The van der Waals surface area contributed by atoms with Gasteiger partial charge in [0, 0.05) is 26.2 Å². The first-order valence-electron chi connectivity index (χ1n) is 5.62. The molecule has 0 spiro atoms. The second kappa shape index (κ2) is 6.42. The lowest BCUT2D eigenvalue weighted by atomic mass is 10.1. The fourth-order valence-electron chi connectivity index (χ4n) is 1.91. The summed E-state index contributed by atoms with van der Waals surface area (Å²) in [6, 6.07) is 0. The van der Waals surface area contributed by atoms with Crippen molar-refractivity contribution in [3.05, 3.63) is 0 Å². The number of rotatable bonds is 5. The van der Waals surface area contributed by atoms with E-state index in [0.29, 0.717) is 13.2 Å². The van der Waals surface area contributed by atoms with Gasteiger partial charge in [0.1, 0.15) is 0 Å². The molecule has 1 atom stereocenters. The third-order valence-corrected chi connectivity index (χ3v) is 2.58. The first-order valence-corrected chi connectivity index (χ1v) is 5.62. The minimum atomic E-state index is -4.16. The maximum absolute atomic E-state index is 12.3. The molecule has 96 valence electrons. The van der Waals surface area contributed by atoms with Gasteiger partial charge in [0.25, 0.3) is 0 Å². The molecule has 0 aromatic heterocycles. The monoisotopic (exact) mass is 240 g/mol. The van der Waals surface area contributed by atoms with Crippen LogP contribution in [0, 0.1) is 0 Å². The zero-order valence-corrected chi connectivity index (χ0v) is 9.30. The summed E-state index contributed by atoms with van der Waals surface area (Å²) in [4.78, 5) is 1.33. The van der Waals surface area contributed by atoms with Crippen LogP contribution < -0.4 is 5.73 Å². The van der Waals surface area contributed by atoms with Crippen molar-refractivity contribution in [2.45, 2.75) is 31.5 Å². The first-order chi connectivity index (χ1) is 7.51. The molecule has 1 aliphatic heterocycles. The Kier molecular flexibility index (Phi) is 5.51. The van der Waals surface area contributed by atoms with Crippen molar-refractivity contribution >= 4 is 0 Å². The molecule has 2 N–H and O–H groups in total. The molecule has 1 saturated heterocycles. The zero-order valence-electron chi connectivity index (χ0n) is 9.30. The molecule has 1 aliphatic rings. The lowest BCUT2D eigenvalue weighted by Gasteiger charge is -2.30. The minimum absolute atomic E-state index is 0.0670. The van der Waals surface area contributed by atoms with Crippen LogP contribution >= 0.6 is 0 Å². The number of nitrogens with zero attached hydrogens (tertiary/aromatic N) is 1. The Labute approximate surface area is 93.7 Å². The highest BCUT2D eigenvalue weighted by atomic mass is 19.4.